The Morgan fingerprint density at radius 1 is 1.41 bits per heavy atom. The van der Waals surface area contributed by atoms with E-state index in [4.69, 9.17) is 0 Å². The zero-order valence-electron chi connectivity index (χ0n) is 9.76. The van der Waals surface area contributed by atoms with Gasteiger partial charge in [0, 0.05) is 10.7 Å². The maximum absolute atomic E-state index is 4.60. The Bertz CT molecular complexity index is 542. The highest BCUT2D eigenvalue weighted by atomic mass is 79.9. The van der Waals surface area contributed by atoms with Crippen molar-refractivity contribution in [2.24, 2.45) is 0 Å². The largest absolute Gasteiger partial charge is 0.339 e. The van der Waals surface area contributed by atoms with Crippen molar-refractivity contribution in [3.63, 3.8) is 0 Å². The van der Waals surface area contributed by atoms with Gasteiger partial charge in [0.05, 0.1) is 11.1 Å². The second-order valence-electron chi connectivity index (χ2n) is 4.83. The van der Waals surface area contributed by atoms with Crippen LogP contribution in [0.25, 0.3) is 11.2 Å². The topological polar surface area (TPSA) is 53.6 Å². The monoisotopic (exact) mass is 294 g/mol. The molecule has 0 aromatic carbocycles. The van der Waals surface area contributed by atoms with Crippen LogP contribution in [0.5, 0.6) is 0 Å². The molecule has 17 heavy (non-hydrogen) atoms. The van der Waals surface area contributed by atoms with Gasteiger partial charge in [-0.2, -0.15) is 0 Å². The number of hydrogen-bond donors (Lipinski definition) is 2. The first kappa shape index (κ1) is 11.2. The number of aromatic amines is 1. The number of nitrogens with zero attached hydrogens (tertiary/aromatic N) is 2. The van der Waals surface area contributed by atoms with Crippen LogP contribution in [0.2, 0.25) is 0 Å². The Hall–Kier alpha value is -0.940. The average molecular weight is 295 g/mol. The normalized spacial score (nSPS) is 25.3. The molecule has 3 heterocycles. The summed E-state index contributed by atoms with van der Waals surface area (Å²) in [7, 11) is 0. The van der Waals surface area contributed by atoms with Crippen LogP contribution >= 0.6 is 15.9 Å². The summed E-state index contributed by atoms with van der Waals surface area (Å²) < 4.78 is 0.974. The summed E-state index contributed by atoms with van der Waals surface area (Å²) in [6.45, 7) is 3.27. The second-order valence-corrected chi connectivity index (χ2v) is 5.74. The fourth-order valence-corrected chi connectivity index (χ4v) is 2.73. The fraction of sp³-hybridized carbons (Fsp3) is 0.500. The van der Waals surface area contributed by atoms with Gasteiger partial charge in [0.15, 0.2) is 5.65 Å². The predicted octanol–water partition coefficient (Wildman–Crippen LogP) is 2.71. The smallest absolute Gasteiger partial charge is 0.177 e. The van der Waals surface area contributed by atoms with Crippen LogP contribution in [0.1, 0.15) is 32.0 Å². The highest BCUT2D eigenvalue weighted by Crippen LogP contribution is 2.29. The summed E-state index contributed by atoms with van der Waals surface area (Å²) in [6, 6.07) is 2.02. The van der Waals surface area contributed by atoms with E-state index in [1.54, 1.807) is 6.20 Å². The summed E-state index contributed by atoms with van der Waals surface area (Å²) in [5, 5.41) is 3.55. The predicted molar refractivity (Wildman–Crippen MR) is 70.8 cm³/mol. The number of hydrogen-bond acceptors (Lipinski definition) is 3. The minimum Gasteiger partial charge on any atom is -0.339 e. The van der Waals surface area contributed by atoms with E-state index in [1.807, 2.05) is 6.07 Å². The third-order valence-corrected chi connectivity index (χ3v) is 3.88. The average Bonchev–Trinajstić information content (AvgIpc) is 2.73. The van der Waals surface area contributed by atoms with Gasteiger partial charge in [-0.25, -0.2) is 9.97 Å². The maximum Gasteiger partial charge on any atom is 0.177 e. The van der Waals surface area contributed by atoms with E-state index in [9.17, 15) is 0 Å². The lowest BCUT2D eigenvalue weighted by Gasteiger charge is -2.32. The lowest BCUT2D eigenvalue weighted by atomic mass is 9.90. The summed E-state index contributed by atoms with van der Waals surface area (Å²) in [6.07, 6.45) is 5.40. The number of imidazole rings is 1. The fourth-order valence-electron chi connectivity index (χ4n) is 2.39. The van der Waals surface area contributed by atoms with Crippen molar-refractivity contribution in [1.29, 1.82) is 0 Å². The van der Waals surface area contributed by atoms with Crippen LogP contribution in [-0.2, 0) is 5.54 Å². The molecule has 1 fully saturated rings. The molecule has 0 amide bonds. The first-order chi connectivity index (χ1) is 8.17. The molecular formula is C12H15BrN4. The van der Waals surface area contributed by atoms with Crippen molar-refractivity contribution in [2.45, 2.75) is 31.7 Å². The Labute approximate surface area is 108 Å². The summed E-state index contributed by atoms with van der Waals surface area (Å²) >= 11 is 3.43. The summed E-state index contributed by atoms with van der Waals surface area (Å²) in [4.78, 5) is 12.3. The molecule has 2 N–H and O–H groups in total. The Morgan fingerprint density at radius 3 is 3.06 bits per heavy atom. The van der Waals surface area contributed by atoms with Crippen LogP contribution in [0.3, 0.4) is 0 Å². The Morgan fingerprint density at radius 2 is 2.29 bits per heavy atom. The number of pyridine rings is 1. The quantitative estimate of drug-likeness (QED) is 0.850. The second kappa shape index (κ2) is 4.07. The van der Waals surface area contributed by atoms with Gasteiger partial charge in [0.25, 0.3) is 0 Å². The SMILES string of the molecule is CC1(c2nc3ncc(Br)cc3[nH]2)CCCCN1. The molecule has 1 aliphatic heterocycles. The zero-order chi connectivity index (χ0) is 11.9. The molecule has 2 aromatic rings. The van der Waals surface area contributed by atoms with Crippen molar-refractivity contribution >= 4 is 27.1 Å². The van der Waals surface area contributed by atoms with Crippen molar-refractivity contribution in [1.82, 2.24) is 20.3 Å². The first-order valence-electron chi connectivity index (χ1n) is 5.94. The molecular weight excluding hydrogens is 280 g/mol. The van der Waals surface area contributed by atoms with Crippen LogP contribution in [0.15, 0.2) is 16.7 Å². The molecule has 2 aromatic heterocycles. The molecule has 5 heteroatoms. The Kier molecular flexibility index (Phi) is 2.67. The molecule has 0 radical (unpaired) electrons. The lowest BCUT2D eigenvalue weighted by molar-refractivity contribution is 0.271. The minimum absolute atomic E-state index is 0.0363. The van der Waals surface area contributed by atoms with E-state index in [0.717, 1.165) is 34.4 Å². The van der Waals surface area contributed by atoms with E-state index in [2.05, 4.69) is 43.1 Å². The van der Waals surface area contributed by atoms with Gasteiger partial charge in [-0.1, -0.05) is 0 Å². The molecule has 0 aliphatic carbocycles. The summed E-state index contributed by atoms with van der Waals surface area (Å²) in [5.41, 5.74) is 1.74. The number of rotatable bonds is 1. The van der Waals surface area contributed by atoms with Gasteiger partial charge < -0.3 is 10.3 Å². The summed E-state index contributed by atoms with van der Waals surface area (Å²) in [5.74, 6) is 0.998. The van der Waals surface area contributed by atoms with Crippen molar-refractivity contribution in [3.05, 3.63) is 22.6 Å². The maximum atomic E-state index is 4.60. The number of piperidine rings is 1. The van der Waals surface area contributed by atoms with Gasteiger partial charge in [0.2, 0.25) is 0 Å². The van der Waals surface area contributed by atoms with E-state index >= 15 is 0 Å². The zero-order valence-corrected chi connectivity index (χ0v) is 11.3. The lowest BCUT2D eigenvalue weighted by Crippen LogP contribution is -2.44. The highest BCUT2D eigenvalue weighted by molar-refractivity contribution is 9.10. The van der Waals surface area contributed by atoms with Gasteiger partial charge in [-0.05, 0) is 54.7 Å². The van der Waals surface area contributed by atoms with E-state index in [0.29, 0.717) is 0 Å². The molecule has 0 bridgehead atoms. The molecule has 0 saturated carbocycles. The first-order valence-corrected chi connectivity index (χ1v) is 6.73. The number of fused-ring (bicyclic) bond motifs is 1. The molecule has 1 aliphatic rings. The van der Waals surface area contributed by atoms with Gasteiger partial charge >= 0.3 is 0 Å². The molecule has 1 atom stereocenters. The van der Waals surface area contributed by atoms with Crippen LogP contribution < -0.4 is 5.32 Å². The molecule has 90 valence electrons. The van der Waals surface area contributed by atoms with Crippen molar-refractivity contribution < 1.29 is 0 Å². The molecule has 3 rings (SSSR count). The van der Waals surface area contributed by atoms with E-state index in [1.165, 1.54) is 12.8 Å². The van der Waals surface area contributed by atoms with E-state index < -0.39 is 0 Å². The number of nitrogens with one attached hydrogen (secondary N) is 2. The molecule has 0 spiro atoms. The van der Waals surface area contributed by atoms with E-state index in [-0.39, 0.29) is 5.54 Å². The number of aromatic nitrogens is 3. The number of H-pyrrole nitrogens is 1. The van der Waals surface area contributed by atoms with Gasteiger partial charge in [-0.3, -0.25) is 0 Å². The third kappa shape index (κ3) is 1.98. The van der Waals surface area contributed by atoms with Crippen molar-refractivity contribution in [2.75, 3.05) is 6.54 Å². The van der Waals surface area contributed by atoms with Crippen LogP contribution in [-0.4, -0.2) is 21.5 Å². The molecule has 1 saturated heterocycles. The van der Waals surface area contributed by atoms with Crippen molar-refractivity contribution in [3.8, 4) is 0 Å². The van der Waals surface area contributed by atoms with Gasteiger partial charge in [0.1, 0.15) is 5.82 Å². The van der Waals surface area contributed by atoms with Gasteiger partial charge in [-0.15, -0.1) is 0 Å². The standard InChI is InChI=1S/C12H15BrN4/c1-12(4-2-3-5-15-12)11-16-9-6-8(13)7-14-10(9)17-11/h6-7,15H,2-5H2,1H3,(H,14,16,17). The highest BCUT2D eigenvalue weighted by Gasteiger charge is 2.31. The number of halogens is 1. The molecule has 1 unspecified atom stereocenters. The minimum atomic E-state index is -0.0363. The Balaban J connectivity index is 2.05. The van der Waals surface area contributed by atoms with Crippen LogP contribution in [0.4, 0.5) is 0 Å². The molecule has 4 nitrogen and oxygen atoms in total. The van der Waals surface area contributed by atoms with Crippen LogP contribution in [0, 0.1) is 0 Å². The third-order valence-electron chi connectivity index (χ3n) is 3.45.